The van der Waals surface area contributed by atoms with Crippen molar-refractivity contribution >= 4 is 50.2 Å². The minimum Gasteiger partial charge on any atom is -0.481 e. The van der Waals surface area contributed by atoms with Crippen molar-refractivity contribution in [1.29, 1.82) is 5.26 Å². The van der Waals surface area contributed by atoms with Crippen LogP contribution in [-0.4, -0.2) is 93.5 Å². The number of morpholine rings is 1. The number of hydrogen-bond donors (Lipinski definition) is 4. The number of nitriles is 1. The minimum atomic E-state index is -4.09. The van der Waals surface area contributed by atoms with Gasteiger partial charge in [-0.05, 0) is 153 Å². The smallest absolute Gasteiger partial charge is 0.389 e. The van der Waals surface area contributed by atoms with Crippen LogP contribution in [0.3, 0.4) is 0 Å². The number of likely N-dealkylation sites (tertiary alicyclic amines) is 1. The Bertz CT molecular complexity index is 3390. The fourth-order valence-corrected chi connectivity index (χ4v) is 9.40. The molecule has 8 aromatic rings. The van der Waals surface area contributed by atoms with Gasteiger partial charge in [-0.2, -0.15) is 18.4 Å². The quantitative estimate of drug-likeness (QED) is 0.0906. The molecule has 0 radical (unpaired) electrons. The molecule has 15 nitrogen and oxygen atoms in total. The van der Waals surface area contributed by atoms with E-state index in [0.717, 1.165) is 78.9 Å². The molecular formula is C55H54F3N11O4. The van der Waals surface area contributed by atoms with Crippen LogP contribution in [0.5, 0.6) is 5.88 Å². The molecule has 2 saturated heterocycles. The van der Waals surface area contributed by atoms with Crippen LogP contribution < -0.4 is 31.4 Å². The lowest BCUT2D eigenvalue weighted by molar-refractivity contribution is -0.136. The summed E-state index contributed by atoms with van der Waals surface area (Å²) in [5, 5.41) is 18.1. The maximum Gasteiger partial charge on any atom is 0.389 e. The summed E-state index contributed by atoms with van der Waals surface area (Å²) in [6, 6.07) is 32.5. The second-order valence-corrected chi connectivity index (χ2v) is 18.2. The number of halogens is 3. The number of fused-ring (bicyclic) bond motifs is 2. The number of anilines is 5. The molecule has 73 heavy (non-hydrogen) atoms. The minimum absolute atomic E-state index is 0.148. The highest BCUT2D eigenvalue weighted by molar-refractivity contribution is 5.96. The molecule has 374 valence electrons. The standard InChI is InChI=1S/C29H30F3N5O2.C26H24N6O2/c1-39-25-5-2-4-23(35-25)24-18-21-10-14-33-28(38)26(21)27(36-24)34-22-8-6-19(7-9-22)20-11-16-37(17-12-20)15-3-13-29(30,31)32;1-16-11-20(5-6-23(16)32-9-10-34-17(2)15-32)30-25-24-18(7-8-28-26(24)33)12-22(31-25)19-3-4-21(13-27)29-14-19/h2,4-10,14,18,20H,3,11-13,15-17H2,1H3,(H,33,38)(H,34,36);3-8,11-12,14,17H,9-10,15H2,1-2H3,(H,28,33)(H,30,31)/t;17-/m.1/s1. The topological polar surface area (TPSA) is 190 Å². The Balaban J connectivity index is 0.000000181. The molecule has 2 aliphatic rings. The summed E-state index contributed by atoms with van der Waals surface area (Å²) >= 11 is 0. The van der Waals surface area contributed by atoms with Crippen molar-refractivity contribution in [3.8, 4) is 34.6 Å². The summed E-state index contributed by atoms with van der Waals surface area (Å²) in [6.07, 6.45) is 2.21. The van der Waals surface area contributed by atoms with Gasteiger partial charge in [-0.3, -0.25) is 9.59 Å². The van der Waals surface area contributed by atoms with E-state index in [9.17, 15) is 22.8 Å². The molecule has 2 aromatic carbocycles. The first kappa shape index (κ1) is 49.8. The number of aromatic nitrogens is 6. The number of hydrogen-bond acceptors (Lipinski definition) is 13. The maximum absolute atomic E-state index is 12.7. The molecule has 0 unspecified atom stereocenters. The molecule has 10 rings (SSSR count). The molecule has 18 heteroatoms. The fraction of sp³-hybridized carbons (Fsp3) is 0.291. The molecular weight excluding hydrogens is 936 g/mol. The van der Waals surface area contributed by atoms with Gasteiger partial charge >= 0.3 is 6.18 Å². The Morgan fingerprint density at radius 2 is 1.48 bits per heavy atom. The van der Waals surface area contributed by atoms with E-state index in [1.165, 1.54) is 11.3 Å². The monoisotopic (exact) mass is 989 g/mol. The van der Waals surface area contributed by atoms with E-state index in [1.807, 2.05) is 60.7 Å². The summed E-state index contributed by atoms with van der Waals surface area (Å²) in [7, 11) is 1.55. The number of benzene rings is 2. The van der Waals surface area contributed by atoms with E-state index < -0.39 is 12.6 Å². The Labute approximate surface area is 419 Å². The molecule has 0 amide bonds. The third kappa shape index (κ3) is 12.1. The molecule has 6 aromatic heterocycles. The van der Waals surface area contributed by atoms with E-state index in [1.54, 1.807) is 43.9 Å². The van der Waals surface area contributed by atoms with Crippen LogP contribution in [0.2, 0.25) is 0 Å². The Morgan fingerprint density at radius 3 is 2.11 bits per heavy atom. The number of rotatable bonds is 12. The van der Waals surface area contributed by atoms with Crippen molar-refractivity contribution in [2.24, 2.45) is 0 Å². The zero-order chi connectivity index (χ0) is 51.1. The van der Waals surface area contributed by atoms with Crippen LogP contribution in [0.15, 0.2) is 125 Å². The third-order valence-electron chi connectivity index (χ3n) is 13.1. The van der Waals surface area contributed by atoms with Gasteiger partial charge in [0, 0.05) is 66.8 Å². The third-order valence-corrected chi connectivity index (χ3v) is 13.1. The van der Waals surface area contributed by atoms with Crippen LogP contribution in [0, 0.1) is 18.3 Å². The van der Waals surface area contributed by atoms with Crippen LogP contribution in [-0.2, 0) is 4.74 Å². The van der Waals surface area contributed by atoms with Crippen molar-refractivity contribution in [1.82, 2.24) is 34.8 Å². The van der Waals surface area contributed by atoms with Crippen LogP contribution in [0.4, 0.5) is 41.9 Å². The number of pyridine rings is 6. The number of methoxy groups -OCH3 is 1. The number of aryl methyl sites for hydroxylation is 1. The Hall–Kier alpha value is -8.14. The van der Waals surface area contributed by atoms with Gasteiger partial charge in [0.15, 0.2) is 0 Å². The Kier molecular flexibility index (Phi) is 15.1. The number of piperidine rings is 1. The number of nitrogens with one attached hydrogen (secondary N) is 4. The summed E-state index contributed by atoms with van der Waals surface area (Å²) in [5.74, 6) is 1.72. The van der Waals surface area contributed by atoms with Gasteiger partial charge in [0.25, 0.3) is 11.1 Å². The van der Waals surface area contributed by atoms with Gasteiger partial charge in [0.2, 0.25) is 5.88 Å². The van der Waals surface area contributed by atoms with Gasteiger partial charge < -0.3 is 39.9 Å². The summed E-state index contributed by atoms with van der Waals surface area (Å²) in [6.45, 7) is 8.68. The lowest BCUT2D eigenvalue weighted by atomic mass is 9.89. The van der Waals surface area contributed by atoms with Crippen molar-refractivity contribution in [2.45, 2.75) is 57.7 Å². The molecule has 0 saturated carbocycles. The van der Waals surface area contributed by atoms with Crippen molar-refractivity contribution in [3.05, 3.63) is 153 Å². The average Bonchev–Trinajstić information content (AvgIpc) is 3.39. The summed E-state index contributed by atoms with van der Waals surface area (Å²) in [5.41, 5.74) is 7.66. The number of aromatic amines is 2. The molecule has 2 aliphatic heterocycles. The van der Waals surface area contributed by atoms with Gasteiger partial charge in [-0.25, -0.2) is 19.9 Å². The normalized spacial score (nSPS) is 15.4. The fourth-order valence-electron chi connectivity index (χ4n) is 9.40. The van der Waals surface area contributed by atoms with E-state index in [4.69, 9.17) is 24.7 Å². The van der Waals surface area contributed by atoms with Crippen molar-refractivity contribution in [3.63, 3.8) is 0 Å². The predicted molar refractivity (Wildman–Crippen MR) is 278 cm³/mol. The summed E-state index contributed by atoms with van der Waals surface area (Å²) < 4.78 is 48.2. The van der Waals surface area contributed by atoms with Crippen molar-refractivity contribution in [2.75, 3.05) is 62.0 Å². The largest absolute Gasteiger partial charge is 0.481 e. The van der Waals surface area contributed by atoms with Gasteiger partial charge in [0.05, 0.1) is 47.7 Å². The zero-order valence-corrected chi connectivity index (χ0v) is 40.6. The molecule has 4 N–H and O–H groups in total. The SMILES string of the molecule is COc1cccc(-c2cc3cc[nH]c(=O)c3c(Nc3ccc(C4CCN(CCCC(F)(F)F)CC4)cc3)n2)n1.Cc1cc(Nc2nc(-c3ccc(C#N)nc3)cc3cc[nH]c(=O)c23)ccc1N1CCO[C@H](C)C1. The van der Waals surface area contributed by atoms with Gasteiger partial charge in [-0.15, -0.1) is 0 Å². The first-order valence-corrected chi connectivity index (χ1v) is 24.1. The van der Waals surface area contributed by atoms with Gasteiger partial charge in [0.1, 0.15) is 23.4 Å². The molecule has 0 bridgehead atoms. The van der Waals surface area contributed by atoms with E-state index in [0.29, 0.717) is 63.5 Å². The highest BCUT2D eigenvalue weighted by atomic mass is 19.4. The number of H-pyrrole nitrogens is 2. The lowest BCUT2D eigenvalue weighted by Gasteiger charge is -2.34. The number of nitrogens with zero attached hydrogens (tertiary/aromatic N) is 7. The zero-order valence-electron chi connectivity index (χ0n) is 40.6. The maximum atomic E-state index is 12.7. The number of alkyl halides is 3. The van der Waals surface area contributed by atoms with Gasteiger partial charge in [-0.1, -0.05) is 18.2 Å². The van der Waals surface area contributed by atoms with Crippen LogP contribution >= 0.6 is 0 Å². The molecule has 0 spiro atoms. The molecule has 1 atom stereocenters. The molecule has 8 heterocycles. The van der Waals surface area contributed by atoms with Crippen LogP contribution in [0.25, 0.3) is 44.2 Å². The average molecular weight is 990 g/mol. The molecule has 2 fully saturated rings. The lowest BCUT2D eigenvalue weighted by Crippen LogP contribution is -2.41. The summed E-state index contributed by atoms with van der Waals surface area (Å²) in [4.78, 5) is 53.4. The van der Waals surface area contributed by atoms with E-state index >= 15 is 0 Å². The first-order chi connectivity index (χ1) is 35.3. The van der Waals surface area contributed by atoms with Crippen molar-refractivity contribution < 1.29 is 22.6 Å². The van der Waals surface area contributed by atoms with Crippen LogP contribution in [0.1, 0.15) is 55.3 Å². The predicted octanol–water partition coefficient (Wildman–Crippen LogP) is 10.4. The number of ether oxygens (including phenoxy) is 2. The van der Waals surface area contributed by atoms with E-state index in [2.05, 4.69) is 78.5 Å². The molecule has 0 aliphatic carbocycles. The first-order valence-electron chi connectivity index (χ1n) is 24.1. The second kappa shape index (κ2) is 22.1. The highest BCUT2D eigenvalue weighted by Gasteiger charge is 2.28. The van der Waals surface area contributed by atoms with E-state index in [-0.39, 0.29) is 23.6 Å². The Morgan fingerprint density at radius 1 is 0.808 bits per heavy atom. The second-order valence-electron chi connectivity index (χ2n) is 18.2. The highest BCUT2D eigenvalue weighted by Crippen LogP contribution is 2.34.